The first kappa shape index (κ1) is 50.3. The highest BCUT2D eigenvalue weighted by atomic mass is 35.5. The van der Waals surface area contributed by atoms with Crippen LogP contribution in [0.2, 0.25) is 15.1 Å². The Labute approximate surface area is 370 Å². The molecular formula is C38H25Cl3F14N6O4. The number of alkyl halides is 14. The number of nitrogens with zero attached hydrogens (tertiary/aromatic N) is 6. The van der Waals surface area contributed by atoms with E-state index in [1.165, 1.54) is 61.2 Å². The van der Waals surface area contributed by atoms with E-state index in [1.807, 2.05) is 0 Å². The number of rotatable bonds is 8. The van der Waals surface area contributed by atoms with Crippen LogP contribution in [-0.2, 0) is 34.9 Å². The number of methoxy groups -OCH3 is 2. The molecule has 0 fully saturated rings. The lowest BCUT2D eigenvalue weighted by Gasteiger charge is -2.30. The molecule has 0 spiro atoms. The van der Waals surface area contributed by atoms with Crippen molar-refractivity contribution >= 4 is 46.7 Å². The summed E-state index contributed by atoms with van der Waals surface area (Å²) >= 11 is 17.8. The summed E-state index contributed by atoms with van der Waals surface area (Å²) < 4.78 is 198. The molecule has 0 amide bonds. The van der Waals surface area contributed by atoms with Gasteiger partial charge in [-0.2, -0.15) is 62.9 Å². The number of hydrogen-bond donors (Lipinski definition) is 0. The number of ether oxygens (including phenoxy) is 2. The minimum atomic E-state index is -6.30. The molecule has 0 unspecified atom stereocenters. The first-order chi connectivity index (χ1) is 29.8. The van der Waals surface area contributed by atoms with Gasteiger partial charge >= 0.3 is 48.0 Å². The van der Waals surface area contributed by atoms with Crippen molar-refractivity contribution in [2.45, 2.75) is 36.0 Å². The van der Waals surface area contributed by atoms with Gasteiger partial charge in [0.25, 0.3) is 0 Å². The van der Waals surface area contributed by atoms with E-state index in [2.05, 4.69) is 19.7 Å². The van der Waals surface area contributed by atoms with Gasteiger partial charge in [-0.1, -0.05) is 46.9 Å². The van der Waals surface area contributed by atoms with Crippen LogP contribution in [0.1, 0.15) is 32.1 Å². The molecular weight excluding hydrogens is 977 g/mol. The second-order valence-electron chi connectivity index (χ2n) is 13.4. The first-order valence-electron chi connectivity index (χ1n) is 17.4. The molecule has 0 saturated carbocycles. The summed E-state index contributed by atoms with van der Waals surface area (Å²) in [7, 11) is 3.95. The molecule has 0 N–H and O–H groups in total. The van der Waals surface area contributed by atoms with Crippen molar-refractivity contribution in [2.24, 2.45) is 14.1 Å². The molecule has 0 bridgehead atoms. The van der Waals surface area contributed by atoms with Crippen molar-refractivity contribution < 1.29 is 80.5 Å². The topological polar surface area (TPSA) is 98.1 Å². The molecule has 0 aliphatic heterocycles. The first-order valence-corrected chi connectivity index (χ1v) is 18.5. The highest BCUT2D eigenvalue weighted by Gasteiger charge is 2.76. The number of halogens is 17. The van der Waals surface area contributed by atoms with Gasteiger partial charge in [-0.15, -0.1) is 0 Å². The van der Waals surface area contributed by atoms with Crippen LogP contribution in [-0.4, -0.2) is 79.6 Å². The Morgan fingerprint density at radius 1 is 0.508 bits per heavy atom. The Morgan fingerprint density at radius 2 is 0.908 bits per heavy atom. The van der Waals surface area contributed by atoms with Crippen molar-refractivity contribution in [2.75, 3.05) is 14.2 Å². The van der Waals surface area contributed by atoms with Crippen LogP contribution >= 0.6 is 34.8 Å². The summed E-state index contributed by atoms with van der Waals surface area (Å²) in [4.78, 5) is 23.6. The fraction of sp³-hybridized carbons (Fsp3) is 0.263. The van der Waals surface area contributed by atoms with Crippen LogP contribution in [0, 0.1) is 0 Å². The van der Waals surface area contributed by atoms with Gasteiger partial charge in [-0.05, 0) is 53.6 Å². The summed E-state index contributed by atoms with van der Waals surface area (Å²) in [5, 5.41) is 7.41. The van der Waals surface area contributed by atoms with E-state index in [-0.39, 0.29) is 33.1 Å². The standard InChI is InChI=1S/C19H12Cl2F7N3O2.C19H13ClF7N3O2/c1-30-14(17(22,18(23,24)25)19(26,27)28)6-13(21)15(30)31-8-10(7-29-31)9-3-4-12(20)11(5-9)16(32)33-2;1-29-14(17(21,18(22,23)24)19(25,26)27)5-6-15(29)30-9-11(8-28-30)10-3-4-13(20)12(7-10)16(31)32-2/h3-8H,1-2H3;3-9H,1-2H3. The van der Waals surface area contributed by atoms with E-state index in [9.17, 15) is 71.1 Å². The van der Waals surface area contributed by atoms with Gasteiger partial charge < -0.3 is 18.6 Å². The molecule has 350 valence electrons. The number of aromatic nitrogens is 6. The molecule has 10 nitrogen and oxygen atoms in total. The van der Waals surface area contributed by atoms with Gasteiger partial charge in [-0.3, -0.25) is 0 Å². The Balaban J connectivity index is 0.000000244. The Bertz CT molecular complexity index is 2720. The third-order valence-electron chi connectivity index (χ3n) is 9.55. The average molecular weight is 1000 g/mol. The minimum Gasteiger partial charge on any atom is -0.465 e. The summed E-state index contributed by atoms with van der Waals surface area (Å²) in [6.45, 7) is 0. The van der Waals surface area contributed by atoms with E-state index in [0.717, 1.165) is 43.7 Å². The fourth-order valence-corrected chi connectivity index (χ4v) is 6.96. The predicted molar refractivity (Wildman–Crippen MR) is 203 cm³/mol. The highest BCUT2D eigenvalue weighted by Crippen LogP contribution is 2.55. The van der Waals surface area contributed by atoms with Gasteiger partial charge in [0.1, 0.15) is 5.82 Å². The maximum absolute atomic E-state index is 14.6. The molecule has 4 heterocycles. The Kier molecular flexibility index (Phi) is 13.6. The zero-order chi connectivity index (χ0) is 49.0. The lowest BCUT2D eigenvalue weighted by Crippen LogP contribution is -2.51. The third-order valence-corrected chi connectivity index (χ3v) is 10.5. The quantitative estimate of drug-likeness (QED) is 0.111. The van der Waals surface area contributed by atoms with Crippen LogP contribution < -0.4 is 0 Å². The summed E-state index contributed by atoms with van der Waals surface area (Å²) in [6, 6.07) is 10.1. The maximum atomic E-state index is 14.6. The van der Waals surface area contributed by atoms with Crippen molar-refractivity contribution in [1.29, 1.82) is 0 Å². The van der Waals surface area contributed by atoms with Crippen molar-refractivity contribution in [3.05, 3.63) is 117 Å². The summed E-state index contributed by atoms with van der Waals surface area (Å²) in [6.07, 6.45) is -20.1. The third kappa shape index (κ3) is 8.98. The molecule has 0 atom stereocenters. The van der Waals surface area contributed by atoms with Gasteiger partial charge in [-0.25, -0.2) is 27.7 Å². The molecule has 4 aromatic heterocycles. The van der Waals surface area contributed by atoms with E-state index < -0.39 is 70.2 Å². The Morgan fingerprint density at radius 3 is 1.32 bits per heavy atom. The molecule has 65 heavy (non-hydrogen) atoms. The smallest absolute Gasteiger partial charge is 0.437 e. The second-order valence-corrected chi connectivity index (χ2v) is 14.6. The fourth-order valence-electron chi connectivity index (χ4n) is 6.26. The van der Waals surface area contributed by atoms with E-state index in [1.54, 1.807) is 0 Å². The van der Waals surface area contributed by atoms with E-state index in [4.69, 9.17) is 34.8 Å². The molecule has 0 aliphatic rings. The zero-order valence-electron chi connectivity index (χ0n) is 32.7. The van der Waals surface area contributed by atoms with Crippen molar-refractivity contribution in [3.63, 3.8) is 0 Å². The maximum Gasteiger partial charge on any atom is 0.437 e. The number of carbonyl (C=O) groups excluding carboxylic acids is 2. The van der Waals surface area contributed by atoms with Gasteiger partial charge in [0.2, 0.25) is 0 Å². The normalized spacial score (nSPS) is 12.8. The van der Waals surface area contributed by atoms with Crippen LogP contribution in [0.5, 0.6) is 0 Å². The highest BCUT2D eigenvalue weighted by molar-refractivity contribution is 6.34. The number of hydrogen-bond acceptors (Lipinski definition) is 6. The lowest BCUT2D eigenvalue weighted by molar-refractivity contribution is -0.351. The molecule has 27 heteroatoms. The minimum absolute atomic E-state index is 0.0150. The molecule has 0 saturated heterocycles. The van der Waals surface area contributed by atoms with E-state index >= 15 is 0 Å². The van der Waals surface area contributed by atoms with Gasteiger partial charge in [0, 0.05) is 37.6 Å². The van der Waals surface area contributed by atoms with Gasteiger partial charge in [0.05, 0.1) is 64.2 Å². The Hall–Kier alpha value is -5.75. The van der Waals surface area contributed by atoms with Gasteiger partial charge in [0.15, 0.2) is 5.82 Å². The van der Waals surface area contributed by atoms with Crippen LogP contribution in [0.3, 0.4) is 0 Å². The largest absolute Gasteiger partial charge is 0.465 e. The number of carbonyl (C=O) groups is 2. The molecule has 0 aliphatic carbocycles. The molecule has 0 radical (unpaired) electrons. The SMILES string of the molecule is COC(=O)c1cc(-c2cnn(-c3c(Cl)cc(C(F)(C(F)(F)F)C(F)(F)F)n3C)c2)ccc1Cl.COC(=O)c1cc(-c2cnn(-c3ccc(C(F)(C(F)(F)F)C(F)(F)F)n3C)c2)ccc1Cl. The average Bonchev–Trinajstić information content (AvgIpc) is 4.02. The lowest BCUT2D eigenvalue weighted by atomic mass is 10.0. The van der Waals surface area contributed by atoms with E-state index in [0.29, 0.717) is 37.5 Å². The number of esters is 2. The number of benzene rings is 2. The molecule has 6 rings (SSSR count). The summed E-state index contributed by atoms with van der Waals surface area (Å²) in [5.74, 6) is -2.16. The van der Waals surface area contributed by atoms with Crippen molar-refractivity contribution in [1.82, 2.24) is 28.7 Å². The zero-order valence-corrected chi connectivity index (χ0v) is 35.0. The predicted octanol–water partition coefficient (Wildman–Crippen LogP) is 11.9. The monoisotopic (exact) mass is 1000 g/mol. The van der Waals surface area contributed by atoms with Crippen LogP contribution in [0.4, 0.5) is 61.5 Å². The van der Waals surface area contributed by atoms with Crippen LogP contribution in [0.15, 0.2) is 79.4 Å². The van der Waals surface area contributed by atoms with Crippen molar-refractivity contribution in [3.8, 4) is 33.9 Å². The molecule has 6 aromatic rings. The summed E-state index contributed by atoms with van der Waals surface area (Å²) in [5.41, 5.74) is -13.2. The molecule has 2 aromatic carbocycles. The van der Waals surface area contributed by atoms with Crippen LogP contribution in [0.25, 0.3) is 33.9 Å². The second kappa shape index (κ2) is 17.6.